The van der Waals surface area contributed by atoms with Crippen molar-refractivity contribution in [3.63, 3.8) is 0 Å². The van der Waals surface area contributed by atoms with Gasteiger partial charge in [-0.15, -0.1) is 0 Å². The van der Waals surface area contributed by atoms with Gasteiger partial charge in [-0.3, -0.25) is 9.59 Å². The first-order valence-electron chi connectivity index (χ1n) is 7.18. The van der Waals surface area contributed by atoms with Crippen LogP contribution in [0.3, 0.4) is 0 Å². The van der Waals surface area contributed by atoms with E-state index in [0.717, 1.165) is 22.0 Å². The minimum absolute atomic E-state index is 0.0991. The lowest BCUT2D eigenvalue weighted by Gasteiger charge is -2.12. The molecule has 0 aliphatic carbocycles. The van der Waals surface area contributed by atoms with Crippen LogP contribution in [0.25, 0.3) is 0 Å². The predicted octanol–water partition coefficient (Wildman–Crippen LogP) is 3.31. The van der Waals surface area contributed by atoms with Gasteiger partial charge in [-0.2, -0.15) is 0 Å². The number of benzene rings is 1. The summed E-state index contributed by atoms with van der Waals surface area (Å²) in [6.45, 7) is 4.16. The number of hydrogen-bond acceptors (Lipinski definition) is 2. The van der Waals surface area contributed by atoms with E-state index in [4.69, 9.17) is 5.11 Å². The molecular weight excluding hydrogens is 334 g/mol. The van der Waals surface area contributed by atoms with Crippen molar-refractivity contribution in [2.24, 2.45) is 5.92 Å². The number of carboxylic acids is 1. The molecule has 0 aliphatic heterocycles. The second-order valence-corrected chi connectivity index (χ2v) is 6.07. The first-order valence-corrected chi connectivity index (χ1v) is 7.97. The van der Waals surface area contributed by atoms with Gasteiger partial charge >= 0.3 is 5.97 Å². The van der Waals surface area contributed by atoms with E-state index >= 15 is 0 Å². The number of carboxylic acid groups (broad SMARTS) is 1. The van der Waals surface area contributed by atoms with Crippen molar-refractivity contribution in [1.82, 2.24) is 5.32 Å². The first kappa shape index (κ1) is 17.7. The van der Waals surface area contributed by atoms with Crippen LogP contribution in [0.2, 0.25) is 0 Å². The molecule has 1 rings (SSSR count). The number of carbonyl (C=O) groups is 2. The van der Waals surface area contributed by atoms with E-state index in [-0.39, 0.29) is 12.5 Å². The number of aliphatic carboxylic acids is 1. The van der Waals surface area contributed by atoms with E-state index in [1.807, 2.05) is 26.0 Å². The third-order valence-electron chi connectivity index (χ3n) is 3.40. The van der Waals surface area contributed by atoms with Crippen LogP contribution in [0.5, 0.6) is 0 Å². The molecule has 1 amide bonds. The summed E-state index contributed by atoms with van der Waals surface area (Å²) in [5.74, 6) is -1.44. The molecule has 4 nitrogen and oxygen atoms in total. The molecule has 5 heteroatoms. The van der Waals surface area contributed by atoms with E-state index in [1.165, 1.54) is 0 Å². The van der Waals surface area contributed by atoms with Crippen LogP contribution in [0.1, 0.15) is 37.3 Å². The topological polar surface area (TPSA) is 66.4 Å². The highest BCUT2D eigenvalue weighted by Gasteiger charge is 2.17. The fourth-order valence-electron chi connectivity index (χ4n) is 2.11. The minimum atomic E-state index is -0.847. The summed E-state index contributed by atoms with van der Waals surface area (Å²) < 4.78 is 1.06. The van der Waals surface area contributed by atoms with Crippen LogP contribution in [-0.4, -0.2) is 23.5 Å². The summed E-state index contributed by atoms with van der Waals surface area (Å²) in [7, 11) is 0. The molecule has 0 saturated heterocycles. The van der Waals surface area contributed by atoms with Gasteiger partial charge in [0.1, 0.15) is 0 Å². The Morgan fingerprint density at radius 3 is 2.67 bits per heavy atom. The summed E-state index contributed by atoms with van der Waals surface area (Å²) in [4.78, 5) is 22.8. The normalized spacial score (nSPS) is 12.0. The molecule has 0 saturated carbocycles. The number of hydrogen-bond donors (Lipinski definition) is 2. The fourth-order valence-corrected chi connectivity index (χ4v) is 2.35. The molecule has 1 aromatic rings. The van der Waals surface area contributed by atoms with E-state index in [9.17, 15) is 9.59 Å². The van der Waals surface area contributed by atoms with E-state index in [2.05, 4.69) is 27.3 Å². The van der Waals surface area contributed by atoms with E-state index in [1.54, 1.807) is 0 Å². The van der Waals surface area contributed by atoms with Gasteiger partial charge in [0.15, 0.2) is 0 Å². The zero-order valence-corrected chi connectivity index (χ0v) is 14.1. The molecule has 0 aliphatic rings. The average Bonchev–Trinajstić information content (AvgIpc) is 2.44. The monoisotopic (exact) mass is 355 g/mol. The lowest BCUT2D eigenvalue weighted by molar-refractivity contribution is -0.141. The van der Waals surface area contributed by atoms with Crippen molar-refractivity contribution in [3.8, 4) is 0 Å². The van der Waals surface area contributed by atoms with Crippen molar-refractivity contribution in [1.29, 1.82) is 0 Å². The highest BCUT2D eigenvalue weighted by molar-refractivity contribution is 9.10. The molecular formula is C16H22BrNO3. The summed E-state index contributed by atoms with van der Waals surface area (Å²) >= 11 is 3.44. The number of nitrogens with one attached hydrogen (secondary N) is 1. The van der Waals surface area contributed by atoms with Crippen molar-refractivity contribution >= 4 is 27.8 Å². The number of halogens is 1. The van der Waals surface area contributed by atoms with Gasteiger partial charge in [-0.25, -0.2) is 0 Å². The quantitative estimate of drug-likeness (QED) is 0.751. The maximum atomic E-state index is 11.8. The van der Waals surface area contributed by atoms with E-state index < -0.39 is 11.9 Å². The van der Waals surface area contributed by atoms with Gasteiger partial charge in [0.2, 0.25) is 5.91 Å². The molecule has 0 aromatic heterocycles. The summed E-state index contributed by atoms with van der Waals surface area (Å²) in [5, 5.41) is 11.7. The molecule has 2 N–H and O–H groups in total. The Bertz CT molecular complexity index is 502. The number of amides is 1. The molecule has 1 aromatic carbocycles. The molecule has 0 spiro atoms. The number of rotatable bonds is 8. The van der Waals surface area contributed by atoms with Gasteiger partial charge < -0.3 is 10.4 Å². The van der Waals surface area contributed by atoms with Gasteiger partial charge in [-0.1, -0.05) is 41.4 Å². The number of aryl methyl sites for hydroxylation is 2. The maximum Gasteiger partial charge on any atom is 0.308 e. The van der Waals surface area contributed by atoms with E-state index in [0.29, 0.717) is 19.3 Å². The largest absolute Gasteiger partial charge is 0.481 e. The van der Waals surface area contributed by atoms with Gasteiger partial charge in [0, 0.05) is 17.4 Å². The molecule has 0 radical (unpaired) electrons. The van der Waals surface area contributed by atoms with Crippen molar-refractivity contribution in [2.75, 3.05) is 6.54 Å². The third-order valence-corrected chi connectivity index (χ3v) is 4.28. The molecule has 0 bridgehead atoms. The van der Waals surface area contributed by atoms with Crippen LogP contribution in [0.4, 0.5) is 0 Å². The molecule has 116 valence electrons. The maximum absolute atomic E-state index is 11.8. The molecule has 0 heterocycles. The van der Waals surface area contributed by atoms with Gasteiger partial charge in [0.05, 0.1) is 5.92 Å². The lowest BCUT2D eigenvalue weighted by Crippen LogP contribution is -2.33. The predicted molar refractivity (Wildman–Crippen MR) is 86.2 cm³/mol. The molecule has 0 fully saturated rings. The first-order chi connectivity index (χ1) is 9.93. The van der Waals surface area contributed by atoms with Crippen LogP contribution in [-0.2, 0) is 16.0 Å². The zero-order valence-electron chi connectivity index (χ0n) is 12.5. The fraction of sp³-hybridized carbons (Fsp3) is 0.500. The molecule has 21 heavy (non-hydrogen) atoms. The van der Waals surface area contributed by atoms with Crippen LogP contribution in [0, 0.1) is 12.8 Å². The van der Waals surface area contributed by atoms with Crippen LogP contribution < -0.4 is 5.32 Å². The van der Waals surface area contributed by atoms with Crippen LogP contribution >= 0.6 is 15.9 Å². The smallest absolute Gasteiger partial charge is 0.308 e. The second-order valence-electron chi connectivity index (χ2n) is 5.21. The minimum Gasteiger partial charge on any atom is -0.481 e. The van der Waals surface area contributed by atoms with Crippen molar-refractivity contribution in [3.05, 3.63) is 33.8 Å². The average molecular weight is 356 g/mol. The summed E-state index contributed by atoms with van der Waals surface area (Å²) in [5.41, 5.74) is 2.25. The Labute approximate surface area is 134 Å². The Hall–Kier alpha value is -1.36. The Kier molecular flexibility index (Phi) is 7.43. The Morgan fingerprint density at radius 2 is 2.10 bits per heavy atom. The summed E-state index contributed by atoms with van der Waals surface area (Å²) in [6.07, 6.45) is 2.41. The SMILES string of the molecule is CCCC(CNC(=O)CCc1ccc(Br)c(C)c1)C(=O)O. The number of carbonyl (C=O) groups excluding carboxylic acids is 1. The highest BCUT2D eigenvalue weighted by Crippen LogP contribution is 2.17. The van der Waals surface area contributed by atoms with Crippen molar-refractivity contribution < 1.29 is 14.7 Å². The molecule has 1 atom stereocenters. The van der Waals surface area contributed by atoms with Gasteiger partial charge in [0.25, 0.3) is 0 Å². The van der Waals surface area contributed by atoms with Crippen molar-refractivity contribution in [2.45, 2.75) is 39.5 Å². The standard InChI is InChI=1S/C16H22BrNO3/c1-3-4-13(16(20)21)10-18-15(19)8-6-12-5-7-14(17)11(2)9-12/h5,7,9,13H,3-4,6,8,10H2,1-2H3,(H,18,19)(H,20,21). The molecule has 1 unspecified atom stereocenters. The van der Waals surface area contributed by atoms with Crippen LogP contribution in [0.15, 0.2) is 22.7 Å². The summed E-state index contributed by atoms with van der Waals surface area (Å²) in [6, 6.07) is 6.01. The van der Waals surface area contributed by atoms with Gasteiger partial charge in [-0.05, 0) is 37.0 Å². The third kappa shape index (κ3) is 6.29. The Balaban J connectivity index is 2.39. The zero-order chi connectivity index (χ0) is 15.8. The lowest BCUT2D eigenvalue weighted by atomic mass is 10.0. The Morgan fingerprint density at radius 1 is 1.38 bits per heavy atom. The highest BCUT2D eigenvalue weighted by atomic mass is 79.9. The second kappa shape index (κ2) is 8.82.